The van der Waals surface area contributed by atoms with Crippen molar-refractivity contribution in [3.8, 4) is 0 Å². The Morgan fingerprint density at radius 3 is 2.72 bits per heavy atom. The molecule has 2 N–H and O–H groups in total. The van der Waals surface area contributed by atoms with Crippen LogP contribution in [0.3, 0.4) is 0 Å². The second-order valence-corrected chi connectivity index (χ2v) is 4.85. The maximum atomic E-state index is 11.8. The zero-order valence-corrected chi connectivity index (χ0v) is 9.93. The highest BCUT2D eigenvalue weighted by Crippen LogP contribution is 2.33. The second-order valence-electron chi connectivity index (χ2n) is 4.85. The molecule has 2 aliphatic heterocycles. The van der Waals surface area contributed by atoms with E-state index in [1.54, 1.807) is 0 Å². The predicted molar refractivity (Wildman–Crippen MR) is 57.9 cm³/mol. The summed E-state index contributed by atoms with van der Waals surface area (Å²) in [5.74, 6) is -0.114. The Morgan fingerprint density at radius 1 is 1.39 bits per heavy atom. The molecule has 0 spiro atoms. The molecule has 104 valence electrons. The number of rotatable bonds is 5. The van der Waals surface area contributed by atoms with E-state index in [-0.39, 0.29) is 31.0 Å². The molecule has 2 heterocycles. The lowest BCUT2D eigenvalue weighted by Gasteiger charge is -2.19. The summed E-state index contributed by atoms with van der Waals surface area (Å²) < 4.78 is 39.7. The van der Waals surface area contributed by atoms with E-state index < -0.39 is 12.8 Å². The molecule has 2 saturated heterocycles. The number of nitrogens with one attached hydrogen (secondary N) is 2. The van der Waals surface area contributed by atoms with E-state index in [4.69, 9.17) is 0 Å². The predicted octanol–water partition coefficient (Wildman–Crippen LogP) is 0.822. The molecule has 0 aromatic heterocycles. The molecule has 7 heteroatoms. The van der Waals surface area contributed by atoms with Gasteiger partial charge in [0, 0.05) is 18.6 Å². The molecule has 3 atom stereocenters. The van der Waals surface area contributed by atoms with Crippen LogP contribution >= 0.6 is 0 Å². The van der Waals surface area contributed by atoms with Crippen LogP contribution < -0.4 is 10.6 Å². The standard InChI is InChI=1S/C11H17F3N2O2/c12-11(13,14)6-18-4-3-15-10(17)8-5-7-1-2-9(8)16-7/h7-9,16H,1-6H2,(H,15,17). The summed E-state index contributed by atoms with van der Waals surface area (Å²) in [5.41, 5.74) is 0. The molecule has 1 amide bonds. The van der Waals surface area contributed by atoms with Gasteiger partial charge < -0.3 is 15.4 Å². The third-order valence-corrected chi connectivity index (χ3v) is 3.45. The van der Waals surface area contributed by atoms with Crippen molar-refractivity contribution >= 4 is 5.91 Å². The van der Waals surface area contributed by atoms with E-state index >= 15 is 0 Å². The van der Waals surface area contributed by atoms with Crippen LogP contribution in [0.15, 0.2) is 0 Å². The number of hydrogen-bond donors (Lipinski definition) is 2. The SMILES string of the molecule is O=C(NCCOCC(F)(F)F)C1CC2CCC1N2. The van der Waals surface area contributed by atoms with Crippen molar-refractivity contribution in [2.75, 3.05) is 19.8 Å². The maximum absolute atomic E-state index is 11.8. The molecule has 0 radical (unpaired) electrons. The van der Waals surface area contributed by atoms with Gasteiger partial charge in [-0.2, -0.15) is 13.2 Å². The highest BCUT2D eigenvalue weighted by Gasteiger charge is 2.42. The summed E-state index contributed by atoms with van der Waals surface area (Å²) in [6, 6.07) is 0.679. The van der Waals surface area contributed by atoms with E-state index in [1.807, 2.05) is 0 Å². The molecule has 0 aromatic carbocycles. The monoisotopic (exact) mass is 266 g/mol. The molecule has 2 bridgehead atoms. The van der Waals surface area contributed by atoms with Gasteiger partial charge >= 0.3 is 6.18 Å². The lowest BCUT2D eigenvalue weighted by atomic mass is 9.88. The third-order valence-electron chi connectivity index (χ3n) is 3.45. The van der Waals surface area contributed by atoms with E-state index in [2.05, 4.69) is 15.4 Å². The zero-order valence-electron chi connectivity index (χ0n) is 9.93. The number of halogens is 3. The first-order valence-corrected chi connectivity index (χ1v) is 6.14. The van der Waals surface area contributed by atoms with Gasteiger partial charge in [-0.1, -0.05) is 0 Å². The second kappa shape index (κ2) is 5.44. The van der Waals surface area contributed by atoms with Crippen molar-refractivity contribution in [1.29, 1.82) is 0 Å². The minimum absolute atomic E-state index is 0.0358. The highest BCUT2D eigenvalue weighted by molar-refractivity contribution is 5.80. The first-order valence-electron chi connectivity index (χ1n) is 6.14. The van der Waals surface area contributed by atoms with E-state index in [0.717, 1.165) is 19.3 Å². The van der Waals surface area contributed by atoms with E-state index in [0.29, 0.717) is 6.04 Å². The van der Waals surface area contributed by atoms with Crippen LogP contribution in [0, 0.1) is 5.92 Å². The molecule has 2 aliphatic rings. The first-order chi connectivity index (χ1) is 8.46. The third kappa shape index (κ3) is 3.58. The Balaban J connectivity index is 1.58. The first kappa shape index (κ1) is 13.6. The average Bonchev–Trinajstić information content (AvgIpc) is 2.88. The average molecular weight is 266 g/mol. The molecule has 0 aromatic rings. The number of amides is 1. The lowest BCUT2D eigenvalue weighted by molar-refractivity contribution is -0.173. The van der Waals surface area contributed by atoms with Crippen LogP contribution in [0.4, 0.5) is 13.2 Å². The van der Waals surface area contributed by atoms with Gasteiger partial charge in [0.2, 0.25) is 5.91 Å². The maximum Gasteiger partial charge on any atom is 0.411 e. The van der Waals surface area contributed by atoms with Crippen molar-refractivity contribution in [2.45, 2.75) is 37.5 Å². The van der Waals surface area contributed by atoms with Crippen molar-refractivity contribution in [3.05, 3.63) is 0 Å². The van der Waals surface area contributed by atoms with E-state index in [1.165, 1.54) is 0 Å². The Kier molecular flexibility index (Phi) is 4.11. The fourth-order valence-corrected chi connectivity index (χ4v) is 2.68. The number of ether oxygens (including phenoxy) is 1. The largest absolute Gasteiger partial charge is 0.411 e. The Labute approximate surface area is 103 Å². The summed E-state index contributed by atoms with van der Waals surface area (Å²) >= 11 is 0. The number of carbonyl (C=O) groups is 1. The molecule has 18 heavy (non-hydrogen) atoms. The van der Waals surface area contributed by atoms with Crippen molar-refractivity contribution in [2.24, 2.45) is 5.92 Å². The topological polar surface area (TPSA) is 50.4 Å². The molecule has 4 nitrogen and oxygen atoms in total. The summed E-state index contributed by atoms with van der Waals surface area (Å²) in [6.45, 7) is -1.25. The fourth-order valence-electron chi connectivity index (χ4n) is 2.68. The molecule has 2 rings (SSSR count). The Morgan fingerprint density at radius 2 is 2.17 bits per heavy atom. The van der Waals surface area contributed by atoms with Crippen LogP contribution in [0.2, 0.25) is 0 Å². The van der Waals surface area contributed by atoms with Gasteiger partial charge in [0.15, 0.2) is 0 Å². The van der Waals surface area contributed by atoms with Crippen molar-refractivity contribution in [1.82, 2.24) is 10.6 Å². The highest BCUT2D eigenvalue weighted by atomic mass is 19.4. The fraction of sp³-hybridized carbons (Fsp3) is 0.909. The quantitative estimate of drug-likeness (QED) is 0.724. The van der Waals surface area contributed by atoms with Gasteiger partial charge in [-0.25, -0.2) is 0 Å². The van der Waals surface area contributed by atoms with E-state index in [9.17, 15) is 18.0 Å². The minimum atomic E-state index is -4.31. The van der Waals surface area contributed by atoms with Gasteiger partial charge in [0.25, 0.3) is 0 Å². The molecular formula is C11H17F3N2O2. The van der Waals surface area contributed by atoms with Gasteiger partial charge in [-0.15, -0.1) is 0 Å². The van der Waals surface area contributed by atoms with Gasteiger partial charge in [0.1, 0.15) is 6.61 Å². The normalized spacial score (nSPS) is 30.7. The van der Waals surface area contributed by atoms with Crippen molar-refractivity contribution < 1.29 is 22.7 Å². The molecule has 2 fully saturated rings. The molecular weight excluding hydrogens is 249 g/mol. The molecule has 3 unspecified atom stereocenters. The lowest BCUT2D eigenvalue weighted by Crippen LogP contribution is -2.39. The number of fused-ring (bicyclic) bond motifs is 2. The van der Waals surface area contributed by atoms with Crippen LogP contribution in [0.25, 0.3) is 0 Å². The Hall–Kier alpha value is -0.820. The minimum Gasteiger partial charge on any atom is -0.370 e. The van der Waals surface area contributed by atoms with Crippen LogP contribution in [0.5, 0.6) is 0 Å². The molecule has 0 aliphatic carbocycles. The summed E-state index contributed by atoms with van der Waals surface area (Å²) in [6.07, 6.45) is -1.35. The number of carbonyl (C=O) groups excluding carboxylic acids is 1. The number of hydrogen-bond acceptors (Lipinski definition) is 3. The van der Waals surface area contributed by atoms with Gasteiger partial charge in [0.05, 0.1) is 12.5 Å². The number of alkyl halides is 3. The summed E-state index contributed by atoms with van der Waals surface area (Å²) in [4.78, 5) is 11.8. The van der Waals surface area contributed by atoms with Crippen LogP contribution in [-0.4, -0.2) is 43.9 Å². The summed E-state index contributed by atoms with van der Waals surface area (Å²) in [7, 11) is 0. The zero-order chi connectivity index (χ0) is 13.2. The van der Waals surface area contributed by atoms with Crippen molar-refractivity contribution in [3.63, 3.8) is 0 Å². The smallest absolute Gasteiger partial charge is 0.370 e. The van der Waals surface area contributed by atoms with Gasteiger partial charge in [-0.05, 0) is 19.3 Å². The van der Waals surface area contributed by atoms with Crippen LogP contribution in [0.1, 0.15) is 19.3 Å². The van der Waals surface area contributed by atoms with Gasteiger partial charge in [-0.3, -0.25) is 4.79 Å². The Bertz CT molecular complexity index is 309. The molecule has 0 saturated carbocycles. The summed E-state index contributed by atoms with van der Waals surface area (Å²) in [5, 5.41) is 5.96. The van der Waals surface area contributed by atoms with Crippen LogP contribution in [-0.2, 0) is 9.53 Å².